The largest absolute Gasteiger partial charge is 0.494 e. The summed E-state index contributed by atoms with van der Waals surface area (Å²) in [5, 5.41) is 3.24. The number of nitrogens with zero attached hydrogens (tertiary/aromatic N) is 2. The number of methoxy groups -OCH3 is 1. The molecule has 150 valence electrons. The van der Waals surface area contributed by atoms with Gasteiger partial charge in [-0.05, 0) is 36.3 Å². The predicted octanol–water partition coefficient (Wildman–Crippen LogP) is 3.24. The van der Waals surface area contributed by atoms with Crippen LogP contribution in [0.5, 0.6) is 5.75 Å². The molecule has 0 atom stereocenters. The number of rotatable bonds is 10. The van der Waals surface area contributed by atoms with Crippen LogP contribution in [0.2, 0.25) is 0 Å². The summed E-state index contributed by atoms with van der Waals surface area (Å²) in [6.45, 7) is 2.71. The minimum Gasteiger partial charge on any atom is -0.494 e. The molecule has 1 N–H and O–H groups in total. The Morgan fingerprint density at radius 1 is 1.26 bits per heavy atom. The van der Waals surface area contributed by atoms with E-state index in [4.69, 9.17) is 17.0 Å². The third kappa shape index (κ3) is 8.04. The van der Waals surface area contributed by atoms with Gasteiger partial charge in [-0.25, -0.2) is 0 Å². The Hall–Kier alpha value is -2.00. The zero-order valence-electron chi connectivity index (χ0n) is 16.0. The van der Waals surface area contributed by atoms with E-state index >= 15 is 0 Å². The van der Waals surface area contributed by atoms with Crippen LogP contribution < -0.4 is 10.1 Å². The number of ether oxygens (including phenoxy) is 1. The number of thiocarbonyl (C=S) groups is 1. The molecule has 9 heteroatoms. The SMILES string of the molecule is CCCCCCCN(C(=O)Cc1ccc(OC)c(N=S(=O)=O)c1)C(=S)NC. The van der Waals surface area contributed by atoms with E-state index in [-0.39, 0.29) is 18.0 Å². The number of carbonyl (C=O) groups is 1. The predicted molar refractivity (Wildman–Crippen MR) is 110 cm³/mol. The van der Waals surface area contributed by atoms with Crippen LogP contribution in [0.25, 0.3) is 0 Å². The average molecular weight is 414 g/mol. The standard InChI is InChI=1S/C18H27N3O4S2/c1-4-5-6-7-8-11-21(18(26)19-2)17(22)13-14-9-10-16(25-3)15(12-14)20-27(23)24/h9-10,12H,4-8,11,13H2,1-3H3,(H,19,26). The van der Waals surface area contributed by atoms with Gasteiger partial charge in [0, 0.05) is 13.6 Å². The van der Waals surface area contributed by atoms with Crippen LogP contribution in [0, 0.1) is 0 Å². The van der Waals surface area contributed by atoms with Gasteiger partial charge in [0.05, 0.1) is 13.5 Å². The normalized spacial score (nSPS) is 10.2. The van der Waals surface area contributed by atoms with Gasteiger partial charge < -0.3 is 10.1 Å². The van der Waals surface area contributed by atoms with Crippen LogP contribution in [-0.2, 0) is 21.7 Å². The van der Waals surface area contributed by atoms with E-state index in [9.17, 15) is 13.2 Å². The van der Waals surface area contributed by atoms with Gasteiger partial charge in [-0.2, -0.15) is 8.42 Å². The van der Waals surface area contributed by atoms with Crippen molar-refractivity contribution in [1.29, 1.82) is 0 Å². The van der Waals surface area contributed by atoms with Crippen molar-refractivity contribution in [2.45, 2.75) is 45.4 Å². The molecule has 0 saturated carbocycles. The molecule has 0 aliphatic carbocycles. The van der Waals surface area contributed by atoms with Crippen molar-refractivity contribution in [3.05, 3.63) is 23.8 Å². The maximum absolute atomic E-state index is 12.7. The first kappa shape index (κ1) is 23.0. The Morgan fingerprint density at radius 2 is 1.96 bits per heavy atom. The zero-order chi connectivity index (χ0) is 20.2. The van der Waals surface area contributed by atoms with Crippen molar-refractivity contribution in [1.82, 2.24) is 10.2 Å². The fourth-order valence-electron chi connectivity index (χ4n) is 2.62. The minimum absolute atomic E-state index is 0.0920. The number of unbranched alkanes of at least 4 members (excludes halogenated alkanes) is 4. The van der Waals surface area contributed by atoms with E-state index in [1.807, 2.05) is 0 Å². The Labute approximate surface area is 167 Å². The van der Waals surface area contributed by atoms with E-state index in [1.54, 1.807) is 24.1 Å². The van der Waals surface area contributed by atoms with Crippen molar-refractivity contribution < 1.29 is 17.9 Å². The Kier molecular flexibility index (Phi) is 10.6. The monoisotopic (exact) mass is 413 g/mol. The van der Waals surface area contributed by atoms with Gasteiger partial charge >= 0.3 is 10.5 Å². The molecule has 0 fully saturated rings. The second kappa shape index (κ2) is 12.4. The summed E-state index contributed by atoms with van der Waals surface area (Å²) >= 11 is 5.27. The van der Waals surface area contributed by atoms with Crippen LogP contribution in [0.3, 0.4) is 0 Å². The highest BCUT2D eigenvalue weighted by atomic mass is 32.2. The Bertz CT molecular complexity index is 771. The highest BCUT2D eigenvalue weighted by Gasteiger charge is 2.18. The van der Waals surface area contributed by atoms with Gasteiger partial charge in [-0.3, -0.25) is 9.69 Å². The molecule has 0 heterocycles. The fourth-order valence-corrected chi connectivity index (χ4v) is 3.11. The molecular weight excluding hydrogens is 386 g/mol. The van der Waals surface area contributed by atoms with Gasteiger partial charge in [0.2, 0.25) is 5.91 Å². The Balaban J connectivity index is 2.88. The summed E-state index contributed by atoms with van der Waals surface area (Å²) in [6.07, 6.45) is 5.51. The van der Waals surface area contributed by atoms with Crippen LogP contribution >= 0.6 is 12.2 Å². The molecule has 0 radical (unpaired) electrons. The lowest BCUT2D eigenvalue weighted by Gasteiger charge is -2.23. The molecule has 1 aromatic carbocycles. The molecule has 1 aromatic rings. The second-order valence-electron chi connectivity index (χ2n) is 6.01. The van der Waals surface area contributed by atoms with Gasteiger partial charge in [0.15, 0.2) is 5.11 Å². The van der Waals surface area contributed by atoms with Gasteiger partial charge in [0.1, 0.15) is 11.4 Å². The first-order chi connectivity index (χ1) is 12.9. The third-order valence-electron chi connectivity index (χ3n) is 4.02. The van der Waals surface area contributed by atoms with E-state index in [0.29, 0.717) is 23.0 Å². The molecule has 0 unspecified atom stereocenters. The lowest BCUT2D eigenvalue weighted by Crippen LogP contribution is -2.43. The van der Waals surface area contributed by atoms with Crippen molar-refractivity contribution >= 4 is 39.4 Å². The van der Waals surface area contributed by atoms with Gasteiger partial charge in [0.25, 0.3) is 0 Å². The van der Waals surface area contributed by atoms with Gasteiger partial charge in [-0.1, -0.05) is 38.7 Å². The van der Waals surface area contributed by atoms with Crippen LogP contribution in [0.4, 0.5) is 5.69 Å². The molecule has 0 aliphatic heterocycles. The number of hydrogen-bond acceptors (Lipinski definition) is 6. The van der Waals surface area contributed by atoms with E-state index < -0.39 is 10.5 Å². The molecular formula is C18H27N3O4S2. The average Bonchev–Trinajstić information content (AvgIpc) is 2.63. The summed E-state index contributed by atoms with van der Waals surface area (Å²) < 4.78 is 30.4. The van der Waals surface area contributed by atoms with E-state index in [0.717, 1.165) is 25.7 Å². The highest BCUT2D eigenvalue weighted by molar-refractivity contribution is 7.80. The van der Waals surface area contributed by atoms with Crippen molar-refractivity contribution in [3.8, 4) is 5.75 Å². The van der Waals surface area contributed by atoms with E-state index in [1.165, 1.54) is 19.6 Å². The summed E-state index contributed by atoms with van der Waals surface area (Å²) in [5.41, 5.74) is 0.804. The van der Waals surface area contributed by atoms with Crippen molar-refractivity contribution in [3.63, 3.8) is 0 Å². The summed E-state index contributed by atoms with van der Waals surface area (Å²) in [6, 6.07) is 4.85. The topological polar surface area (TPSA) is 88.1 Å². The summed E-state index contributed by atoms with van der Waals surface area (Å²) in [5.74, 6) is 0.179. The smallest absolute Gasteiger partial charge is 0.316 e. The fraction of sp³-hybridized carbons (Fsp3) is 0.556. The molecule has 0 aromatic heterocycles. The quantitative estimate of drug-likeness (QED) is 0.468. The lowest BCUT2D eigenvalue weighted by molar-refractivity contribution is -0.126. The molecule has 27 heavy (non-hydrogen) atoms. The third-order valence-corrected chi connectivity index (χ3v) is 4.79. The maximum atomic E-state index is 12.7. The number of benzene rings is 1. The maximum Gasteiger partial charge on any atom is 0.316 e. The van der Waals surface area contributed by atoms with Gasteiger partial charge in [-0.15, -0.1) is 4.36 Å². The van der Waals surface area contributed by atoms with E-state index in [2.05, 4.69) is 16.6 Å². The number of amides is 1. The zero-order valence-corrected chi connectivity index (χ0v) is 17.7. The molecule has 0 bridgehead atoms. The highest BCUT2D eigenvalue weighted by Crippen LogP contribution is 2.28. The lowest BCUT2D eigenvalue weighted by atomic mass is 10.1. The second-order valence-corrected chi connectivity index (χ2v) is 7.01. The summed E-state index contributed by atoms with van der Waals surface area (Å²) in [4.78, 5) is 14.3. The number of hydrogen-bond donors (Lipinski definition) is 1. The number of carbonyl (C=O) groups excluding carboxylic acids is 1. The minimum atomic E-state index is -2.61. The Morgan fingerprint density at radius 3 is 2.56 bits per heavy atom. The first-order valence-electron chi connectivity index (χ1n) is 8.93. The van der Waals surface area contributed by atoms with Crippen LogP contribution in [0.15, 0.2) is 22.6 Å². The van der Waals surface area contributed by atoms with Crippen LogP contribution in [0.1, 0.15) is 44.6 Å². The molecule has 7 nitrogen and oxygen atoms in total. The molecule has 1 amide bonds. The van der Waals surface area contributed by atoms with Crippen LogP contribution in [-0.4, -0.2) is 45.0 Å². The molecule has 0 aliphatic rings. The molecule has 0 spiro atoms. The summed E-state index contributed by atoms with van der Waals surface area (Å²) in [7, 11) is 0.512. The molecule has 0 saturated heterocycles. The number of nitrogens with one attached hydrogen (secondary N) is 1. The molecule has 1 rings (SSSR count). The van der Waals surface area contributed by atoms with Crippen molar-refractivity contribution in [2.24, 2.45) is 4.36 Å². The van der Waals surface area contributed by atoms with Crippen molar-refractivity contribution in [2.75, 3.05) is 20.7 Å². The first-order valence-corrected chi connectivity index (χ1v) is 10.4.